The summed E-state index contributed by atoms with van der Waals surface area (Å²) < 4.78 is 7.18. The van der Waals surface area contributed by atoms with Gasteiger partial charge in [-0.15, -0.1) is 24.0 Å². The quantitative estimate of drug-likeness (QED) is 0.297. The van der Waals surface area contributed by atoms with Crippen molar-refractivity contribution in [3.05, 3.63) is 17.0 Å². The van der Waals surface area contributed by atoms with Crippen LogP contribution in [0.3, 0.4) is 0 Å². The fraction of sp³-hybridized carbons (Fsp3) is 0.789. The Kier molecular flexibility index (Phi) is 10.6. The highest BCUT2D eigenvalue weighted by atomic mass is 127. The van der Waals surface area contributed by atoms with Gasteiger partial charge in [0.15, 0.2) is 5.96 Å². The van der Waals surface area contributed by atoms with Crippen LogP contribution in [-0.2, 0) is 18.2 Å². The van der Waals surface area contributed by atoms with Crippen molar-refractivity contribution in [3.63, 3.8) is 0 Å². The number of nitrogens with zero attached hydrogens (tertiary/aromatic N) is 4. The van der Waals surface area contributed by atoms with E-state index in [0.29, 0.717) is 0 Å². The van der Waals surface area contributed by atoms with Gasteiger partial charge in [-0.1, -0.05) is 0 Å². The summed E-state index contributed by atoms with van der Waals surface area (Å²) in [5, 5.41) is 11.5. The average molecular weight is 492 g/mol. The zero-order valence-electron chi connectivity index (χ0n) is 17.7. The summed E-state index contributed by atoms with van der Waals surface area (Å²) >= 11 is 0. The van der Waals surface area contributed by atoms with Crippen LogP contribution in [0.2, 0.25) is 0 Å². The number of hydrogen-bond acceptors (Lipinski definition) is 4. The third-order valence-electron chi connectivity index (χ3n) is 5.11. The molecule has 1 aromatic heterocycles. The van der Waals surface area contributed by atoms with E-state index in [-0.39, 0.29) is 30.0 Å². The van der Waals surface area contributed by atoms with Crippen molar-refractivity contribution in [1.29, 1.82) is 0 Å². The van der Waals surface area contributed by atoms with E-state index >= 15 is 0 Å². The van der Waals surface area contributed by atoms with Gasteiger partial charge in [0, 0.05) is 58.6 Å². The van der Waals surface area contributed by atoms with E-state index in [4.69, 9.17) is 4.74 Å². The maximum absolute atomic E-state index is 5.22. The first kappa shape index (κ1) is 24.2. The molecule has 0 radical (unpaired) electrons. The van der Waals surface area contributed by atoms with Gasteiger partial charge in [0.1, 0.15) is 0 Å². The number of aromatic nitrogens is 2. The summed E-state index contributed by atoms with van der Waals surface area (Å²) in [7, 11) is 5.59. The lowest BCUT2D eigenvalue weighted by Gasteiger charge is -2.23. The Morgan fingerprint density at radius 3 is 2.59 bits per heavy atom. The van der Waals surface area contributed by atoms with Crippen LogP contribution in [0.5, 0.6) is 0 Å². The van der Waals surface area contributed by atoms with Crippen molar-refractivity contribution >= 4 is 29.9 Å². The minimum Gasteiger partial charge on any atom is -0.383 e. The van der Waals surface area contributed by atoms with Gasteiger partial charge in [-0.25, -0.2) is 0 Å². The van der Waals surface area contributed by atoms with Crippen molar-refractivity contribution < 1.29 is 4.74 Å². The standard InChI is InChI=1S/C19H36N6O.HI/c1-14(13-18-15(2)23-24(5)16(18)3)22-19(20-4)21-9-10-25(11-12-26-6)17-7-8-17;/h14,17H,7-13H2,1-6H3,(H2,20,21,22);1H. The Labute approximate surface area is 181 Å². The lowest BCUT2D eigenvalue weighted by atomic mass is 10.1. The fourth-order valence-corrected chi connectivity index (χ4v) is 3.34. The van der Waals surface area contributed by atoms with Gasteiger partial charge in [0.05, 0.1) is 12.3 Å². The fourth-order valence-electron chi connectivity index (χ4n) is 3.34. The van der Waals surface area contributed by atoms with Crippen LogP contribution in [-0.4, -0.2) is 73.1 Å². The first-order valence-corrected chi connectivity index (χ1v) is 9.65. The van der Waals surface area contributed by atoms with E-state index in [1.165, 1.54) is 24.1 Å². The Morgan fingerprint density at radius 2 is 2.07 bits per heavy atom. The summed E-state index contributed by atoms with van der Waals surface area (Å²) in [6.45, 7) is 10.1. The molecular weight excluding hydrogens is 455 g/mol. The van der Waals surface area contributed by atoms with E-state index in [2.05, 4.69) is 46.4 Å². The summed E-state index contributed by atoms with van der Waals surface area (Å²) in [5.74, 6) is 0.860. The third-order valence-corrected chi connectivity index (χ3v) is 5.11. The molecule has 1 unspecified atom stereocenters. The summed E-state index contributed by atoms with van der Waals surface area (Å²) in [6, 6.07) is 1.04. The smallest absolute Gasteiger partial charge is 0.191 e. The van der Waals surface area contributed by atoms with E-state index in [9.17, 15) is 0 Å². The molecule has 1 aliphatic rings. The molecule has 1 aliphatic carbocycles. The third kappa shape index (κ3) is 7.57. The minimum atomic E-state index is 0. The molecule has 0 aromatic carbocycles. The first-order chi connectivity index (χ1) is 12.5. The Bertz CT molecular complexity index is 599. The number of hydrogen-bond donors (Lipinski definition) is 2. The zero-order chi connectivity index (χ0) is 19.1. The normalized spacial score (nSPS) is 15.6. The van der Waals surface area contributed by atoms with Crippen molar-refractivity contribution in [1.82, 2.24) is 25.3 Å². The molecule has 0 spiro atoms. The number of halogens is 1. The van der Waals surface area contributed by atoms with Crippen molar-refractivity contribution in [3.8, 4) is 0 Å². The molecule has 1 atom stereocenters. The van der Waals surface area contributed by atoms with Gasteiger partial charge in [0.2, 0.25) is 0 Å². The molecule has 7 nitrogen and oxygen atoms in total. The molecule has 0 aliphatic heterocycles. The first-order valence-electron chi connectivity index (χ1n) is 9.65. The van der Waals surface area contributed by atoms with Crippen molar-refractivity contribution in [2.75, 3.05) is 40.4 Å². The summed E-state index contributed by atoms with van der Waals surface area (Å²) in [6.07, 6.45) is 3.57. The monoisotopic (exact) mass is 492 g/mol. The van der Waals surface area contributed by atoms with Gasteiger partial charge in [-0.2, -0.15) is 5.10 Å². The highest BCUT2D eigenvalue weighted by Crippen LogP contribution is 2.25. The molecule has 156 valence electrons. The van der Waals surface area contributed by atoms with Crippen LogP contribution >= 0.6 is 24.0 Å². The number of aryl methyl sites for hydroxylation is 2. The van der Waals surface area contributed by atoms with Gasteiger partial charge >= 0.3 is 0 Å². The Morgan fingerprint density at radius 1 is 1.37 bits per heavy atom. The second-order valence-electron chi connectivity index (χ2n) is 7.28. The predicted molar refractivity (Wildman–Crippen MR) is 122 cm³/mol. The minimum absolute atomic E-state index is 0. The lowest BCUT2D eigenvalue weighted by Crippen LogP contribution is -2.46. The number of guanidine groups is 1. The van der Waals surface area contributed by atoms with Crippen LogP contribution in [0.4, 0.5) is 0 Å². The molecule has 27 heavy (non-hydrogen) atoms. The van der Waals surface area contributed by atoms with Gasteiger partial charge in [-0.3, -0.25) is 14.6 Å². The SMILES string of the molecule is CN=C(NCCN(CCOC)C1CC1)NC(C)Cc1c(C)nn(C)c1C.I. The lowest BCUT2D eigenvalue weighted by molar-refractivity contribution is 0.144. The molecule has 1 aromatic rings. The number of ether oxygens (including phenoxy) is 1. The van der Waals surface area contributed by atoms with Gasteiger partial charge in [0.25, 0.3) is 0 Å². The predicted octanol–water partition coefficient (Wildman–Crippen LogP) is 1.86. The largest absolute Gasteiger partial charge is 0.383 e. The molecule has 8 heteroatoms. The number of rotatable bonds is 10. The molecular formula is C19H37IN6O. The highest BCUT2D eigenvalue weighted by molar-refractivity contribution is 14.0. The van der Waals surface area contributed by atoms with E-state index in [0.717, 1.165) is 50.4 Å². The summed E-state index contributed by atoms with van der Waals surface area (Å²) in [4.78, 5) is 6.88. The van der Waals surface area contributed by atoms with Gasteiger partial charge in [-0.05, 0) is 45.6 Å². The molecule has 2 rings (SSSR count). The van der Waals surface area contributed by atoms with E-state index < -0.39 is 0 Å². The maximum Gasteiger partial charge on any atom is 0.191 e. The van der Waals surface area contributed by atoms with Gasteiger partial charge < -0.3 is 15.4 Å². The van der Waals surface area contributed by atoms with E-state index in [1.807, 2.05) is 18.8 Å². The molecule has 1 saturated carbocycles. The molecule has 1 heterocycles. The second kappa shape index (κ2) is 11.9. The maximum atomic E-state index is 5.22. The van der Waals surface area contributed by atoms with E-state index in [1.54, 1.807) is 7.11 Å². The van der Waals surface area contributed by atoms with Crippen LogP contribution < -0.4 is 10.6 Å². The number of methoxy groups -OCH3 is 1. The van der Waals surface area contributed by atoms with Crippen molar-refractivity contribution in [2.45, 2.75) is 52.1 Å². The topological polar surface area (TPSA) is 66.7 Å². The highest BCUT2D eigenvalue weighted by Gasteiger charge is 2.28. The molecule has 0 bridgehead atoms. The van der Waals surface area contributed by atoms with Crippen LogP contribution in [0.25, 0.3) is 0 Å². The number of nitrogens with one attached hydrogen (secondary N) is 2. The Balaban J connectivity index is 0.00000364. The molecule has 2 N–H and O–H groups in total. The van der Waals surface area contributed by atoms with Crippen LogP contribution in [0.15, 0.2) is 4.99 Å². The average Bonchev–Trinajstić information content (AvgIpc) is 3.42. The molecule has 0 amide bonds. The second-order valence-corrected chi connectivity index (χ2v) is 7.28. The zero-order valence-corrected chi connectivity index (χ0v) is 20.0. The molecule has 0 saturated heterocycles. The van der Waals surface area contributed by atoms with Crippen molar-refractivity contribution in [2.24, 2.45) is 12.0 Å². The van der Waals surface area contributed by atoms with Crippen LogP contribution in [0, 0.1) is 13.8 Å². The van der Waals surface area contributed by atoms with Crippen LogP contribution in [0.1, 0.15) is 36.7 Å². The Hall–Kier alpha value is -0.870. The molecule has 1 fully saturated rings. The number of aliphatic imine (C=N–C) groups is 1. The summed E-state index contributed by atoms with van der Waals surface area (Å²) in [5.41, 5.74) is 3.67.